The SMILES string of the molecule is Cc1cc(F)ccc1S(=O)(=O)N1CCCC1CBr. The predicted octanol–water partition coefficient (Wildman–Crippen LogP) is 2.68. The first-order valence-corrected chi connectivity index (χ1v) is 8.37. The Bertz CT molecular complexity index is 547. The molecule has 6 heteroatoms. The molecule has 100 valence electrons. The molecule has 1 saturated heterocycles. The van der Waals surface area contributed by atoms with Gasteiger partial charge in [0.05, 0.1) is 4.90 Å². The van der Waals surface area contributed by atoms with Crippen LogP contribution >= 0.6 is 15.9 Å². The van der Waals surface area contributed by atoms with E-state index < -0.39 is 15.8 Å². The van der Waals surface area contributed by atoms with Crippen LogP contribution in [-0.4, -0.2) is 30.6 Å². The Kier molecular flexibility index (Phi) is 4.08. The first kappa shape index (κ1) is 14.0. The molecule has 1 aromatic carbocycles. The number of sulfonamides is 1. The van der Waals surface area contributed by atoms with Crippen molar-refractivity contribution in [2.45, 2.75) is 30.7 Å². The topological polar surface area (TPSA) is 37.4 Å². The Morgan fingerprint density at radius 1 is 1.50 bits per heavy atom. The first-order valence-electron chi connectivity index (χ1n) is 5.81. The van der Waals surface area contributed by atoms with E-state index in [1.165, 1.54) is 22.5 Å². The summed E-state index contributed by atoms with van der Waals surface area (Å²) in [5.74, 6) is -0.412. The molecule has 1 unspecified atom stereocenters. The normalized spacial score (nSPS) is 21.4. The highest BCUT2D eigenvalue weighted by Crippen LogP contribution is 2.28. The summed E-state index contributed by atoms with van der Waals surface area (Å²) in [6, 6.07) is 3.80. The fourth-order valence-corrected chi connectivity index (χ4v) is 5.07. The second-order valence-electron chi connectivity index (χ2n) is 4.48. The van der Waals surface area contributed by atoms with Crippen molar-refractivity contribution in [1.82, 2.24) is 4.31 Å². The van der Waals surface area contributed by atoms with E-state index in [1.54, 1.807) is 6.92 Å². The van der Waals surface area contributed by atoms with Gasteiger partial charge in [0.25, 0.3) is 0 Å². The quantitative estimate of drug-likeness (QED) is 0.796. The Morgan fingerprint density at radius 3 is 2.83 bits per heavy atom. The van der Waals surface area contributed by atoms with Crippen LogP contribution in [0.15, 0.2) is 23.1 Å². The van der Waals surface area contributed by atoms with Crippen molar-refractivity contribution in [3.63, 3.8) is 0 Å². The number of hydrogen-bond acceptors (Lipinski definition) is 2. The largest absolute Gasteiger partial charge is 0.243 e. The molecule has 1 atom stereocenters. The molecule has 1 heterocycles. The molecular weight excluding hydrogens is 321 g/mol. The number of benzene rings is 1. The molecular formula is C12H15BrFNO2S. The zero-order chi connectivity index (χ0) is 13.3. The van der Waals surface area contributed by atoms with Crippen molar-refractivity contribution in [3.8, 4) is 0 Å². The van der Waals surface area contributed by atoms with E-state index in [1.807, 2.05) is 0 Å². The second kappa shape index (κ2) is 5.27. The minimum Gasteiger partial charge on any atom is -0.207 e. The van der Waals surface area contributed by atoms with E-state index in [4.69, 9.17) is 0 Å². The van der Waals surface area contributed by atoms with Gasteiger partial charge in [0.1, 0.15) is 5.82 Å². The predicted molar refractivity (Wildman–Crippen MR) is 71.8 cm³/mol. The summed E-state index contributed by atoms with van der Waals surface area (Å²) >= 11 is 3.35. The second-order valence-corrected chi connectivity index (χ2v) is 6.98. The van der Waals surface area contributed by atoms with Crippen molar-refractivity contribution >= 4 is 26.0 Å². The third kappa shape index (κ3) is 2.46. The smallest absolute Gasteiger partial charge is 0.207 e. The Balaban J connectivity index is 2.42. The summed E-state index contributed by atoms with van der Waals surface area (Å²) in [5.41, 5.74) is 0.454. The van der Waals surface area contributed by atoms with Crippen molar-refractivity contribution in [2.75, 3.05) is 11.9 Å². The van der Waals surface area contributed by atoms with E-state index in [0.29, 0.717) is 17.4 Å². The summed E-state index contributed by atoms with van der Waals surface area (Å²) in [4.78, 5) is 0.205. The van der Waals surface area contributed by atoms with E-state index in [0.717, 1.165) is 12.8 Å². The number of alkyl halides is 1. The molecule has 1 fully saturated rings. The molecule has 0 saturated carbocycles. The van der Waals surface area contributed by atoms with Gasteiger partial charge in [-0.2, -0.15) is 4.31 Å². The molecule has 0 N–H and O–H groups in total. The molecule has 0 spiro atoms. The van der Waals surface area contributed by atoms with Crippen LogP contribution in [0, 0.1) is 12.7 Å². The van der Waals surface area contributed by atoms with Crippen molar-refractivity contribution < 1.29 is 12.8 Å². The first-order chi connectivity index (χ1) is 8.46. The highest BCUT2D eigenvalue weighted by Gasteiger charge is 2.35. The lowest BCUT2D eigenvalue weighted by Gasteiger charge is -2.23. The maximum atomic E-state index is 13.0. The molecule has 1 aliphatic rings. The highest BCUT2D eigenvalue weighted by atomic mass is 79.9. The van der Waals surface area contributed by atoms with E-state index >= 15 is 0 Å². The lowest BCUT2D eigenvalue weighted by atomic mass is 10.2. The van der Waals surface area contributed by atoms with Gasteiger partial charge in [0.2, 0.25) is 10.0 Å². The fraction of sp³-hybridized carbons (Fsp3) is 0.500. The molecule has 0 aliphatic carbocycles. The molecule has 1 aromatic rings. The van der Waals surface area contributed by atoms with E-state index in [-0.39, 0.29) is 10.9 Å². The van der Waals surface area contributed by atoms with Gasteiger partial charge in [-0.15, -0.1) is 0 Å². The van der Waals surface area contributed by atoms with Gasteiger partial charge < -0.3 is 0 Å². The van der Waals surface area contributed by atoms with Gasteiger partial charge in [-0.1, -0.05) is 15.9 Å². The van der Waals surface area contributed by atoms with Crippen molar-refractivity contribution in [3.05, 3.63) is 29.6 Å². The van der Waals surface area contributed by atoms with Crippen LogP contribution in [0.3, 0.4) is 0 Å². The van der Waals surface area contributed by atoms with E-state index in [9.17, 15) is 12.8 Å². The molecule has 0 radical (unpaired) electrons. The number of rotatable bonds is 3. The zero-order valence-corrected chi connectivity index (χ0v) is 12.5. The fourth-order valence-electron chi connectivity index (χ4n) is 2.31. The molecule has 2 rings (SSSR count). The van der Waals surface area contributed by atoms with Gasteiger partial charge in [-0.25, -0.2) is 12.8 Å². The van der Waals surface area contributed by atoms with Crippen molar-refractivity contribution in [2.24, 2.45) is 0 Å². The number of halogens is 2. The maximum Gasteiger partial charge on any atom is 0.243 e. The van der Waals surface area contributed by atoms with Crippen LogP contribution in [0.25, 0.3) is 0 Å². The number of hydrogen-bond donors (Lipinski definition) is 0. The summed E-state index contributed by atoms with van der Waals surface area (Å²) < 4.78 is 39.6. The third-order valence-corrected chi connectivity index (χ3v) is 6.08. The van der Waals surface area contributed by atoms with Gasteiger partial charge in [-0.05, 0) is 43.5 Å². The minimum atomic E-state index is -3.51. The highest BCUT2D eigenvalue weighted by molar-refractivity contribution is 9.09. The summed E-state index contributed by atoms with van der Waals surface area (Å²) in [7, 11) is -3.51. The molecule has 18 heavy (non-hydrogen) atoms. The standard InChI is InChI=1S/C12H15BrFNO2S/c1-9-7-10(14)4-5-12(9)18(16,17)15-6-2-3-11(15)8-13/h4-5,7,11H,2-3,6,8H2,1H3. The molecule has 0 aromatic heterocycles. The average Bonchev–Trinajstić information content (AvgIpc) is 2.76. The monoisotopic (exact) mass is 335 g/mol. The zero-order valence-electron chi connectivity index (χ0n) is 10.1. The van der Waals surface area contributed by atoms with Crippen LogP contribution in [0.5, 0.6) is 0 Å². The summed E-state index contributed by atoms with van der Waals surface area (Å²) in [5, 5.41) is 0.631. The summed E-state index contributed by atoms with van der Waals surface area (Å²) in [6.45, 7) is 2.16. The molecule has 3 nitrogen and oxygen atoms in total. The van der Waals surface area contributed by atoms with Gasteiger partial charge in [0.15, 0.2) is 0 Å². The molecule has 0 amide bonds. The Labute approximate surface area is 115 Å². The van der Waals surface area contributed by atoms with Crippen LogP contribution < -0.4 is 0 Å². The van der Waals surface area contributed by atoms with Gasteiger partial charge in [0, 0.05) is 17.9 Å². The third-order valence-electron chi connectivity index (χ3n) is 3.22. The van der Waals surface area contributed by atoms with Gasteiger partial charge >= 0.3 is 0 Å². The van der Waals surface area contributed by atoms with Crippen LogP contribution in [0.4, 0.5) is 4.39 Å². The molecule has 0 bridgehead atoms. The minimum absolute atomic E-state index is 0.000506. The lowest BCUT2D eigenvalue weighted by Crippen LogP contribution is -2.36. The molecule has 1 aliphatic heterocycles. The van der Waals surface area contributed by atoms with Crippen LogP contribution in [0.1, 0.15) is 18.4 Å². The Morgan fingerprint density at radius 2 is 2.22 bits per heavy atom. The Hall–Kier alpha value is -0.460. The van der Waals surface area contributed by atoms with Crippen molar-refractivity contribution in [1.29, 1.82) is 0 Å². The van der Waals surface area contributed by atoms with E-state index in [2.05, 4.69) is 15.9 Å². The average molecular weight is 336 g/mol. The van der Waals surface area contributed by atoms with Gasteiger partial charge in [-0.3, -0.25) is 0 Å². The number of aryl methyl sites for hydroxylation is 1. The van der Waals surface area contributed by atoms with Crippen LogP contribution in [-0.2, 0) is 10.0 Å². The number of nitrogens with zero attached hydrogens (tertiary/aromatic N) is 1. The maximum absolute atomic E-state index is 13.0. The summed E-state index contributed by atoms with van der Waals surface area (Å²) in [6.07, 6.45) is 1.74. The lowest BCUT2D eigenvalue weighted by molar-refractivity contribution is 0.413. The van der Waals surface area contributed by atoms with Crippen LogP contribution in [0.2, 0.25) is 0 Å².